The molecule has 35 heavy (non-hydrogen) atoms. The molecule has 0 aliphatic carbocycles. The Balaban J connectivity index is 1.45. The molecule has 0 saturated heterocycles. The lowest BCUT2D eigenvalue weighted by molar-refractivity contribution is -0.122. The Hall–Kier alpha value is -4.46. The van der Waals surface area contributed by atoms with Crippen molar-refractivity contribution in [3.63, 3.8) is 0 Å². The predicted molar refractivity (Wildman–Crippen MR) is 128 cm³/mol. The average molecular weight is 471 g/mol. The van der Waals surface area contributed by atoms with Crippen molar-refractivity contribution in [2.24, 2.45) is 0 Å². The molecule has 3 aromatic carbocycles. The summed E-state index contributed by atoms with van der Waals surface area (Å²) < 4.78 is 28.4. The standard InChI is InChI=1S/C27H21NO7/c1-31-17-9-7-16(8-10-17)28-26(29)25-22(15-6-11-20-21(14-15)33-13-12-32-20)23-24(35-25)18-4-2-3-5-19(18)34-27(23)30/h2-11,14,22,25H,12-13H2,1H3,(H,28,29)/t22-,25+/m0/s1. The second kappa shape index (κ2) is 8.39. The van der Waals surface area contributed by atoms with Gasteiger partial charge in [-0.1, -0.05) is 18.2 Å². The summed E-state index contributed by atoms with van der Waals surface area (Å²) in [5.41, 5.74) is 1.42. The van der Waals surface area contributed by atoms with E-state index in [1.165, 1.54) is 0 Å². The number of hydrogen-bond acceptors (Lipinski definition) is 7. The second-order valence-corrected chi connectivity index (χ2v) is 8.27. The second-order valence-electron chi connectivity index (χ2n) is 8.27. The van der Waals surface area contributed by atoms with Crippen molar-refractivity contribution >= 4 is 22.6 Å². The first-order chi connectivity index (χ1) is 17.1. The van der Waals surface area contributed by atoms with Gasteiger partial charge in [0.2, 0.25) is 0 Å². The minimum Gasteiger partial charge on any atom is -0.497 e. The van der Waals surface area contributed by atoms with Crippen LogP contribution in [0.2, 0.25) is 0 Å². The summed E-state index contributed by atoms with van der Waals surface area (Å²) in [6.07, 6.45) is -1.01. The molecule has 2 aliphatic rings. The van der Waals surface area contributed by atoms with Crippen molar-refractivity contribution in [2.45, 2.75) is 12.0 Å². The van der Waals surface area contributed by atoms with Crippen LogP contribution in [0.15, 0.2) is 75.9 Å². The lowest BCUT2D eigenvalue weighted by Crippen LogP contribution is -2.35. The van der Waals surface area contributed by atoms with Crippen LogP contribution in [-0.4, -0.2) is 32.3 Å². The molecule has 0 radical (unpaired) electrons. The summed E-state index contributed by atoms with van der Waals surface area (Å²) in [4.78, 5) is 26.6. The predicted octanol–water partition coefficient (Wildman–Crippen LogP) is 4.10. The lowest BCUT2D eigenvalue weighted by atomic mass is 9.88. The van der Waals surface area contributed by atoms with Crippen LogP contribution in [0.1, 0.15) is 17.0 Å². The molecule has 4 aromatic rings. The lowest BCUT2D eigenvalue weighted by Gasteiger charge is -2.22. The highest BCUT2D eigenvalue weighted by molar-refractivity contribution is 5.97. The van der Waals surface area contributed by atoms with E-state index >= 15 is 0 Å². The van der Waals surface area contributed by atoms with Gasteiger partial charge in [0.1, 0.15) is 30.3 Å². The number of methoxy groups -OCH3 is 1. The zero-order valence-corrected chi connectivity index (χ0v) is 18.8. The quantitative estimate of drug-likeness (QED) is 0.448. The molecule has 8 nitrogen and oxygen atoms in total. The molecule has 2 atom stereocenters. The van der Waals surface area contributed by atoms with Crippen LogP contribution in [0.4, 0.5) is 5.69 Å². The number of nitrogens with one attached hydrogen (secondary N) is 1. The van der Waals surface area contributed by atoms with E-state index in [1.54, 1.807) is 55.6 Å². The van der Waals surface area contributed by atoms with E-state index < -0.39 is 23.6 Å². The van der Waals surface area contributed by atoms with Crippen LogP contribution >= 0.6 is 0 Å². The zero-order valence-electron chi connectivity index (χ0n) is 18.8. The van der Waals surface area contributed by atoms with Crippen LogP contribution in [0, 0.1) is 0 Å². The van der Waals surface area contributed by atoms with E-state index in [0.29, 0.717) is 64.0 Å². The molecule has 1 N–H and O–H groups in total. The van der Waals surface area contributed by atoms with Gasteiger partial charge in [0.05, 0.1) is 24.0 Å². The highest BCUT2D eigenvalue weighted by Crippen LogP contribution is 2.46. The molecule has 0 saturated carbocycles. The summed E-state index contributed by atoms with van der Waals surface area (Å²) in [5, 5.41) is 3.52. The topological polar surface area (TPSA) is 96.2 Å². The Kier molecular flexibility index (Phi) is 5.06. The maximum absolute atomic E-state index is 13.5. The minimum absolute atomic E-state index is 0.301. The molecule has 2 aliphatic heterocycles. The number of anilines is 1. The van der Waals surface area contributed by atoms with Crippen molar-refractivity contribution in [1.29, 1.82) is 0 Å². The van der Waals surface area contributed by atoms with Crippen molar-refractivity contribution in [2.75, 3.05) is 25.6 Å². The van der Waals surface area contributed by atoms with Crippen LogP contribution in [0.3, 0.4) is 0 Å². The van der Waals surface area contributed by atoms with E-state index in [4.69, 9.17) is 23.4 Å². The van der Waals surface area contributed by atoms with Crippen LogP contribution in [-0.2, 0) is 4.79 Å². The van der Waals surface area contributed by atoms with E-state index in [2.05, 4.69) is 5.32 Å². The monoisotopic (exact) mass is 471 g/mol. The van der Waals surface area contributed by atoms with Gasteiger partial charge in [0.25, 0.3) is 5.91 Å². The largest absolute Gasteiger partial charge is 0.497 e. The third-order valence-corrected chi connectivity index (χ3v) is 6.20. The minimum atomic E-state index is -1.01. The molecule has 0 unspecified atom stereocenters. The zero-order chi connectivity index (χ0) is 23.9. The van der Waals surface area contributed by atoms with E-state index in [0.717, 1.165) is 0 Å². The average Bonchev–Trinajstić information content (AvgIpc) is 3.31. The van der Waals surface area contributed by atoms with Gasteiger partial charge in [-0.05, 0) is 54.1 Å². The number of carbonyl (C=O) groups is 1. The summed E-state index contributed by atoms with van der Waals surface area (Å²) in [6, 6.07) is 19.5. The Bertz CT molecular complexity index is 1490. The number of amides is 1. The Morgan fingerprint density at radius 2 is 1.74 bits per heavy atom. The fourth-order valence-corrected chi connectivity index (χ4v) is 4.56. The maximum atomic E-state index is 13.5. The summed E-state index contributed by atoms with van der Waals surface area (Å²) in [7, 11) is 1.57. The van der Waals surface area contributed by atoms with Crippen LogP contribution in [0.5, 0.6) is 23.0 Å². The number of fused-ring (bicyclic) bond motifs is 4. The number of rotatable bonds is 4. The summed E-state index contributed by atoms with van der Waals surface area (Å²) in [6.45, 7) is 0.882. The molecule has 1 aromatic heterocycles. The van der Waals surface area contributed by atoms with Gasteiger partial charge in [0, 0.05) is 5.69 Å². The SMILES string of the molecule is COc1ccc(NC(=O)[C@@H]2Oc3c(c(=O)oc4ccccc34)[C@@H]2c2ccc3c(c2)OCCO3)cc1. The normalized spacial score (nSPS) is 18.0. The van der Waals surface area contributed by atoms with Crippen LogP contribution in [0.25, 0.3) is 11.0 Å². The maximum Gasteiger partial charge on any atom is 0.344 e. The summed E-state index contributed by atoms with van der Waals surface area (Å²) >= 11 is 0. The molecule has 0 fully saturated rings. The van der Waals surface area contributed by atoms with Gasteiger partial charge in [-0.2, -0.15) is 0 Å². The van der Waals surface area contributed by atoms with Gasteiger partial charge in [0.15, 0.2) is 17.6 Å². The first kappa shape index (κ1) is 21.1. The molecule has 3 heterocycles. The summed E-state index contributed by atoms with van der Waals surface area (Å²) in [5.74, 6) is 1.10. The highest BCUT2D eigenvalue weighted by Gasteiger charge is 2.44. The molecule has 0 bridgehead atoms. The van der Waals surface area contributed by atoms with E-state index in [9.17, 15) is 9.59 Å². The number of ether oxygens (including phenoxy) is 4. The molecular formula is C27H21NO7. The first-order valence-electron chi connectivity index (χ1n) is 11.2. The highest BCUT2D eigenvalue weighted by atomic mass is 16.6. The fraction of sp³-hybridized carbons (Fsp3) is 0.185. The Morgan fingerprint density at radius 3 is 2.54 bits per heavy atom. The Labute approximate surface area is 200 Å². The molecule has 6 rings (SSSR count). The molecule has 176 valence electrons. The van der Waals surface area contributed by atoms with Gasteiger partial charge < -0.3 is 28.7 Å². The Morgan fingerprint density at radius 1 is 0.971 bits per heavy atom. The van der Waals surface area contributed by atoms with Gasteiger partial charge in [-0.15, -0.1) is 0 Å². The fourth-order valence-electron chi connectivity index (χ4n) is 4.56. The molecule has 0 spiro atoms. The van der Waals surface area contributed by atoms with Gasteiger partial charge in [-0.25, -0.2) is 4.79 Å². The van der Waals surface area contributed by atoms with Crippen molar-refractivity contribution in [1.82, 2.24) is 0 Å². The van der Waals surface area contributed by atoms with E-state index in [1.807, 2.05) is 18.2 Å². The van der Waals surface area contributed by atoms with Gasteiger partial charge in [-0.3, -0.25) is 4.79 Å². The smallest absolute Gasteiger partial charge is 0.344 e. The first-order valence-corrected chi connectivity index (χ1v) is 11.2. The third-order valence-electron chi connectivity index (χ3n) is 6.20. The van der Waals surface area contributed by atoms with E-state index in [-0.39, 0.29) is 0 Å². The number of carbonyl (C=O) groups excluding carboxylic acids is 1. The number of hydrogen-bond donors (Lipinski definition) is 1. The molecule has 8 heteroatoms. The number of para-hydroxylation sites is 1. The van der Waals surface area contributed by atoms with Crippen molar-refractivity contribution in [3.8, 4) is 23.0 Å². The number of benzene rings is 3. The van der Waals surface area contributed by atoms with Crippen molar-refractivity contribution < 1.29 is 28.2 Å². The molecule has 1 amide bonds. The van der Waals surface area contributed by atoms with Crippen LogP contribution < -0.4 is 29.9 Å². The van der Waals surface area contributed by atoms with Gasteiger partial charge >= 0.3 is 5.63 Å². The third kappa shape index (κ3) is 3.63. The molecular weight excluding hydrogens is 450 g/mol. The van der Waals surface area contributed by atoms with Crippen molar-refractivity contribution in [3.05, 3.63) is 88.3 Å².